The van der Waals surface area contributed by atoms with E-state index in [2.05, 4.69) is 12.1 Å². The summed E-state index contributed by atoms with van der Waals surface area (Å²) in [6.45, 7) is 3.84. The molecule has 0 radical (unpaired) electrons. The van der Waals surface area contributed by atoms with Gasteiger partial charge in [-0.25, -0.2) is 0 Å². The fraction of sp³-hybridized carbons (Fsp3) is 0.304. The number of allylic oxidation sites excluding steroid dienone is 1. The third kappa shape index (κ3) is 4.09. The van der Waals surface area contributed by atoms with E-state index in [1.165, 1.54) is 4.46 Å². The van der Waals surface area contributed by atoms with Crippen LogP contribution in [0.15, 0.2) is 54.6 Å². The van der Waals surface area contributed by atoms with Crippen LogP contribution in [-0.4, -0.2) is 47.2 Å². The van der Waals surface area contributed by atoms with E-state index in [1.807, 2.05) is 30.3 Å². The molecule has 0 unspecified atom stereocenters. The summed E-state index contributed by atoms with van der Waals surface area (Å²) in [5, 5.41) is 0. The summed E-state index contributed by atoms with van der Waals surface area (Å²) in [6.07, 6.45) is 2.19. The zero-order chi connectivity index (χ0) is 20.9. The second kappa shape index (κ2) is 9.29. The number of hydrogen-bond donors (Lipinski definition) is 0. The first-order chi connectivity index (χ1) is 14.1. The fourth-order valence-corrected chi connectivity index (χ4v) is 5.47. The molecule has 0 saturated heterocycles. The van der Waals surface area contributed by atoms with Gasteiger partial charge in [0.15, 0.2) is 0 Å². The number of hydrogen-bond acceptors (Lipinski definition) is 5. The van der Waals surface area contributed by atoms with E-state index in [4.69, 9.17) is 14.2 Å². The minimum atomic E-state index is -1.50. The Hall–Kier alpha value is -2.56. The van der Waals surface area contributed by atoms with Crippen molar-refractivity contribution in [2.24, 2.45) is 0 Å². The number of rotatable bonds is 7. The maximum atomic E-state index is 13.0. The van der Waals surface area contributed by atoms with E-state index >= 15 is 0 Å². The molecule has 2 aromatic carbocycles. The number of ether oxygens (including phenoxy) is 3. The Morgan fingerprint density at radius 3 is 2.24 bits per heavy atom. The summed E-state index contributed by atoms with van der Waals surface area (Å²) in [5.74, 6) is -0.484. The summed E-state index contributed by atoms with van der Waals surface area (Å²) in [5.41, 5.74) is -0.0461. The Bertz CT molecular complexity index is 902. The van der Waals surface area contributed by atoms with Gasteiger partial charge in [-0.2, -0.15) is 0 Å². The van der Waals surface area contributed by atoms with Crippen LogP contribution in [0.2, 0.25) is 0 Å². The molecule has 0 bridgehead atoms. The molecular formula is C23H24O5Se. The molecule has 0 aliphatic heterocycles. The maximum absolute atomic E-state index is 13.0. The van der Waals surface area contributed by atoms with Gasteiger partial charge < -0.3 is 0 Å². The first-order valence-corrected chi connectivity index (χ1v) is 11.2. The summed E-state index contributed by atoms with van der Waals surface area (Å²) in [4.78, 5) is 26.1. The number of carbonyl (C=O) groups is 2. The van der Waals surface area contributed by atoms with Gasteiger partial charge in [-0.05, 0) is 0 Å². The predicted molar refractivity (Wildman–Crippen MR) is 112 cm³/mol. The molecular weight excluding hydrogens is 435 g/mol. The molecule has 152 valence electrons. The third-order valence-electron chi connectivity index (χ3n) is 4.76. The minimum absolute atomic E-state index is 0.0118. The van der Waals surface area contributed by atoms with Crippen LogP contribution in [-0.2, 0) is 24.5 Å². The van der Waals surface area contributed by atoms with Gasteiger partial charge in [0.25, 0.3) is 0 Å². The molecule has 1 aliphatic carbocycles. The van der Waals surface area contributed by atoms with Crippen molar-refractivity contribution in [3.05, 3.63) is 65.7 Å². The quantitative estimate of drug-likeness (QED) is 0.362. The van der Waals surface area contributed by atoms with Crippen molar-refractivity contribution < 1.29 is 23.8 Å². The van der Waals surface area contributed by atoms with E-state index in [1.54, 1.807) is 33.1 Å². The fourth-order valence-electron chi connectivity index (χ4n) is 3.38. The van der Waals surface area contributed by atoms with Crippen LogP contribution < -0.4 is 9.20 Å². The first kappa shape index (κ1) is 21.2. The Labute approximate surface area is 177 Å². The van der Waals surface area contributed by atoms with Gasteiger partial charge in [0.2, 0.25) is 0 Å². The van der Waals surface area contributed by atoms with Crippen molar-refractivity contribution in [1.29, 1.82) is 0 Å². The van der Waals surface area contributed by atoms with Gasteiger partial charge >= 0.3 is 177 Å². The Kier molecular flexibility index (Phi) is 6.78. The van der Waals surface area contributed by atoms with E-state index < -0.39 is 17.4 Å². The normalized spacial score (nSPS) is 14.4. The topological polar surface area (TPSA) is 61.8 Å². The Morgan fingerprint density at radius 2 is 1.66 bits per heavy atom. The number of esters is 2. The average molecular weight is 459 g/mol. The standard InChI is InChI=1S/C23H24O5Se/c1-4-27-21(24)23(22(25)28-5-2)14-13-20(29-17-9-7-6-8-10-17)18-15-16(26-3)11-12-19(18)23/h6-13,15H,4-5,14H2,1-3H3. The van der Waals surface area contributed by atoms with Gasteiger partial charge in [0, 0.05) is 0 Å². The number of methoxy groups -OCH3 is 1. The van der Waals surface area contributed by atoms with Crippen LogP contribution in [0.1, 0.15) is 31.4 Å². The molecule has 0 saturated carbocycles. The van der Waals surface area contributed by atoms with Crippen LogP contribution in [0.3, 0.4) is 0 Å². The van der Waals surface area contributed by atoms with Crippen LogP contribution in [0.25, 0.3) is 4.47 Å². The summed E-state index contributed by atoms with van der Waals surface area (Å²) in [6, 6.07) is 15.6. The molecule has 0 heterocycles. The zero-order valence-electron chi connectivity index (χ0n) is 16.8. The van der Waals surface area contributed by atoms with E-state index in [9.17, 15) is 9.59 Å². The summed E-state index contributed by atoms with van der Waals surface area (Å²) in [7, 11) is 1.60. The van der Waals surface area contributed by atoms with Crippen molar-refractivity contribution in [3.8, 4) is 5.75 Å². The second-order valence-electron chi connectivity index (χ2n) is 6.45. The number of carbonyl (C=O) groups excluding carboxylic acids is 2. The molecule has 6 heteroatoms. The first-order valence-electron chi connectivity index (χ1n) is 9.53. The van der Waals surface area contributed by atoms with Gasteiger partial charge in [0.1, 0.15) is 0 Å². The van der Waals surface area contributed by atoms with Crippen LogP contribution in [0, 0.1) is 0 Å². The molecule has 0 atom stereocenters. The van der Waals surface area contributed by atoms with Crippen molar-refractivity contribution in [2.45, 2.75) is 25.7 Å². The third-order valence-corrected chi connectivity index (χ3v) is 7.10. The molecule has 29 heavy (non-hydrogen) atoms. The zero-order valence-corrected chi connectivity index (χ0v) is 18.5. The van der Waals surface area contributed by atoms with Crippen molar-refractivity contribution in [3.63, 3.8) is 0 Å². The van der Waals surface area contributed by atoms with Gasteiger partial charge in [-0.15, -0.1) is 0 Å². The molecule has 0 aromatic heterocycles. The second-order valence-corrected chi connectivity index (χ2v) is 8.79. The predicted octanol–water partition coefficient (Wildman–Crippen LogP) is 2.83. The van der Waals surface area contributed by atoms with Crippen LogP contribution in [0.5, 0.6) is 5.75 Å². The van der Waals surface area contributed by atoms with E-state index in [0.717, 1.165) is 10.0 Å². The molecule has 0 amide bonds. The van der Waals surface area contributed by atoms with Crippen LogP contribution in [0.4, 0.5) is 0 Å². The number of benzene rings is 2. The average Bonchev–Trinajstić information content (AvgIpc) is 2.74. The molecule has 0 N–H and O–H groups in total. The number of fused-ring (bicyclic) bond motifs is 1. The molecule has 2 aromatic rings. The molecule has 5 nitrogen and oxygen atoms in total. The Balaban J connectivity index is 2.14. The Morgan fingerprint density at radius 1 is 1.00 bits per heavy atom. The molecule has 0 spiro atoms. The molecule has 0 fully saturated rings. The van der Waals surface area contributed by atoms with Gasteiger partial charge in [-0.1, -0.05) is 0 Å². The monoisotopic (exact) mass is 460 g/mol. The SMILES string of the molecule is CCOC(=O)C1(C(=O)OCC)CC=C([Se]c2ccccc2)c2cc(OC)ccc21. The van der Waals surface area contributed by atoms with Crippen molar-refractivity contribution >= 4 is 35.8 Å². The van der Waals surface area contributed by atoms with Crippen molar-refractivity contribution in [2.75, 3.05) is 20.3 Å². The molecule has 1 aliphatic rings. The van der Waals surface area contributed by atoms with Gasteiger partial charge in [0.05, 0.1) is 0 Å². The van der Waals surface area contributed by atoms with Crippen molar-refractivity contribution in [1.82, 2.24) is 0 Å². The molecule has 3 rings (SSSR count). The van der Waals surface area contributed by atoms with Crippen LogP contribution >= 0.6 is 0 Å². The summed E-state index contributed by atoms with van der Waals surface area (Å²) >= 11 is 0.0118. The van der Waals surface area contributed by atoms with E-state index in [0.29, 0.717) is 11.3 Å². The van der Waals surface area contributed by atoms with Gasteiger partial charge in [-0.3, -0.25) is 0 Å². The summed E-state index contributed by atoms with van der Waals surface area (Å²) < 4.78 is 18.4. The van der Waals surface area contributed by atoms with E-state index in [-0.39, 0.29) is 34.6 Å².